The fraction of sp³-hybridized carbons (Fsp3) is 0.417. The lowest BCUT2D eigenvalue weighted by Gasteiger charge is -2.31. The molecule has 19 heavy (non-hydrogen) atoms. The second-order valence-corrected chi connectivity index (χ2v) is 4.80. The quantitative estimate of drug-likeness (QED) is 0.823. The summed E-state index contributed by atoms with van der Waals surface area (Å²) in [6.45, 7) is 0.694. The van der Waals surface area contributed by atoms with Crippen molar-refractivity contribution in [3.8, 4) is 0 Å². The molecule has 0 radical (unpaired) electrons. The van der Waals surface area contributed by atoms with Crippen LogP contribution in [0, 0.1) is 0 Å². The summed E-state index contributed by atoms with van der Waals surface area (Å²) in [5, 5.41) is 9.57. The Morgan fingerprint density at radius 2 is 2.37 bits per heavy atom. The molecule has 1 amide bonds. The van der Waals surface area contributed by atoms with Gasteiger partial charge in [-0.3, -0.25) is 4.79 Å². The minimum absolute atomic E-state index is 0.0664. The van der Waals surface area contributed by atoms with E-state index in [-0.39, 0.29) is 19.1 Å². The number of carboxylic acids is 1. The van der Waals surface area contributed by atoms with E-state index in [2.05, 4.69) is 4.98 Å². The van der Waals surface area contributed by atoms with Crippen molar-refractivity contribution in [2.45, 2.75) is 11.1 Å². The summed E-state index contributed by atoms with van der Waals surface area (Å²) in [7, 11) is 0. The maximum Gasteiger partial charge on any atom is 0.334 e. The smallest absolute Gasteiger partial charge is 0.334 e. The minimum atomic E-state index is -1.05. The highest BCUT2D eigenvalue weighted by Gasteiger charge is 2.30. The maximum atomic E-state index is 12.4. The standard InChI is InChI=1S/C12H14N2O4S/c1-19-10-8(3-2-4-13-10)11(15)14-5-6-18-9(7-14)12(16)17/h2-4,9H,5-7H2,1H3,(H,16,17). The Hall–Kier alpha value is -1.60. The van der Waals surface area contributed by atoms with Crippen molar-refractivity contribution in [2.75, 3.05) is 26.0 Å². The maximum absolute atomic E-state index is 12.4. The Labute approximate surface area is 114 Å². The summed E-state index contributed by atoms with van der Waals surface area (Å²) in [6.07, 6.45) is 2.52. The van der Waals surface area contributed by atoms with E-state index in [0.717, 1.165) is 0 Å². The Balaban J connectivity index is 2.17. The van der Waals surface area contributed by atoms with Crippen molar-refractivity contribution in [1.29, 1.82) is 0 Å². The molecular weight excluding hydrogens is 268 g/mol. The largest absolute Gasteiger partial charge is 0.479 e. The molecule has 0 aliphatic carbocycles. The molecular formula is C12H14N2O4S. The Morgan fingerprint density at radius 3 is 3.05 bits per heavy atom. The summed E-state index contributed by atoms with van der Waals surface area (Å²) in [4.78, 5) is 28.9. The van der Waals surface area contributed by atoms with Crippen LogP contribution in [-0.4, -0.2) is 58.9 Å². The third-order valence-electron chi connectivity index (χ3n) is 2.82. The number of rotatable bonds is 3. The number of aromatic nitrogens is 1. The molecule has 6 nitrogen and oxygen atoms in total. The summed E-state index contributed by atoms with van der Waals surface area (Å²) < 4.78 is 5.10. The van der Waals surface area contributed by atoms with Crippen LogP contribution < -0.4 is 0 Å². The normalized spacial score (nSPS) is 19.2. The molecule has 1 aromatic rings. The number of morpholine rings is 1. The van der Waals surface area contributed by atoms with Gasteiger partial charge >= 0.3 is 5.97 Å². The highest BCUT2D eigenvalue weighted by Crippen LogP contribution is 2.19. The number of hydrogen-bond acceptors (Lipinski definition) is 5. The van der Waals surface area contributed by atoms with Gasteiger partial charge < -0.3 is 14.7 Å². The molecule has 1 aromatic heterocycles. The molecule has 0 spiro atoms. The minimum Gasteiger partial charge on any atom is -0.479 e. The summed E-state index contributed by atoms with van der Waals surface area (Å²) in [6, 6.07) is 3.40. The molecule has 1 N–H and O–H groups in total. The van der Waals surface area contributed by atoms with E-state index < -0.39 is 12.1 Å². The highest BCUT2D eigenvalue weighted by atomic mass is 32.2. The van der Waals surface area contributed by atoms with Gasteiger partial charge in [0.2, 0.25) is 0 Å². The Bertz CT molecular complexity index is 494. The van der Waals surface area contributed by atoms with Crippen LogP contribution in [-0.2, 0) is 9.53 Å². The number of thioether (sulfide) groups is 1. The predicted octanol–water partition coefficient (Wildman–Crippen LogP) is 0.729. The topological polar surface area (TPSA) is 79.7 Å². The first kappa shape index (κ1) is 13.8. The first-order chi connectivity index (χ1) is 9.13. The van der Waals surface area contributed by atoms with Crippen molar-refractivity contribution < 1.29 is 19.4 Å². The van der Waals surface area contributed by atoms with Gasteiger partial charge in [0.15, 0.2) is 6.10 Å². The van der Waals surface area contributed by atoms with Crippen LogP contribution in [0.1, 0.15) is 10.4 Å². The zero-order valence-electron chi connectivity index (χ0n) is 10.4. The van der Waals surface area contributed by atoms with Gasteiger partial charge in [0.25, 0.3) is 5.91 Å². The van der Waals surface area contributed by atoms with E-state index in [1.807, 2.05) is 6.26 Å². The summed E-state index contributed by atoms with van der Waals surface area (Å²) >= 11 is 1.39. The second kappa shape index (κ2) is 6.03. The first-order valence-electron chi connectivity index (χ1n) is 5.76. The van der Waals surface area contributed by atoms with Crippen LogP contribution in [0.4, 0.5) is 0 Å². The SMILES string of the molecule is CSc1ncccc1C(=O)N1CCOC(C(=O)O)C1. The Morgan fingerprint density at radius 1 is 1.58 bits per heavy atom. The molecule has 0 aromatic carbocycles. The van der Waals surface area contributed by atoms with Gasteiger partial charge in [0.1, 0.15) is 5.03 Å². The van der Waals surface area contributed by atoms with Crippen LogP contribution in [0.25, 0.3) is 0 Å². The van der Waals surface area contributed by atoms with Gasteiger partial charge in [0.05, 0.1) is 18.7 Å². The number of amides is 1. The lowest BCUT2D eigenvalue weighted by atomic mass is 10.2. The highest BCUT2D eigenvalue weighted by molar-refractivity contribution is 7.98. The molecule has 2 heterocycles. The fourth-order valence-corrected chi connectivity index (χ4v) is 2.41. The van der Waals surface area contributed by atoms with Crippen LogP contribution in [0.15, 0.2) is 23.4 Å². The number of aliphatic carboxylic acids is 1. The van der Waals surface area contributed by atoms with Gasteiger partial charge in [0, 0.05) is 12.7 Å². The predicted molar refractivity (Wildman–Crippen MR) is 69.3 cm³/mol. The van der Waals surface area contributed by atoms with E-state index in [0.29, 0.717) is 17.1 Å². The van der Waals surface area contributed by atoms with Gasteiger partial charge in [-0.1, -0.05) is 0 Å². The molecule has 2 rings (SSSR count). The fourth-order valence-electron chi connectivity index (χ4n) is 1.87. The average Bonchev–Trinajstić information content (AvgIpc) is 2.46. The van der Waals surface area contributed by atoms with Crippen molar-refractivity contribution in [3.63, 3.8) is 0 Å². The number of carbonyl (C=O) groups is 2. The molecule has 1 fully saturated rings. The van der Waals surface area contributed by atoms with E-state index in [1.165, 1.54) is 16.7 Å². The molecule has 102 valence electrons. The third kappa shape index (κ3) is 3.05. The summed E-state index contributed by atoms with van der Waals surface area (Å²) in [5.41, 5.74) is 0.501. The van der Waals surface area contributed by atoms with Gasteiger partial charge in [-0.05, 0) is 18.4 Å². The number of carboxylic acid groups (broad SMARTS) is 1. The lowest BCUT2D eigenvalue weighted by molar-refractivity contribution is -0.154. The van der Waals surface area contributed by atoms with Crippen molar-refractivity contribution >= 4 is 23.6 Å². The number of carbonyl (C=O) groups excluding carboxylic acids is 1. The van der Waals surface area contributed by atoms with Crippen molar-refractivity contribution in [3.05, 3.63) is 23.9 Å². The van der Waals surface area contributed by atoms with E-state index in [4.69, 9.17) is 9.84 Å². The molecule has 0 bridgehead atoms. The van der Waals surface area contributed by atoms with E-state index in [9.17, 15) is 9.59 Å². The molecule has 1 unspecified atom stereocenters. The molecule has 1 saturated heterocycles. The van der Waals surface area contributed by atoms with Crippen LogP contribution >= 0.6 is 11.8 Å². The van der Waals surface area contributed by atoms with Crippen molar-refractivity contribution in [2.24, 2.45) is 0 Å². The Kier molecular flexibility index (Phi) is 4.39. The van der Waals surface area contributed by atoms with Crippen molar-refractivity contribution in [1.82, 2.24) is 9.88 Å². The zero-order valence-corrected chi connectivity index (χ0v) is 11.2. The van der Waals surface area contributed by atoms with E-state index in [1.54, 1.807) is 18.3 Å². The molecule has 0 saturated carbocycles. The number of nitrogens with zero attached hydrogens (tertiary/aromatic N) is 2. The van der Waals surface area contributed by atoms with Gasteiger partial charge in [-0.25, -0.2) is 9.78 Å². The number of pyridine rings is 1. The second-order valence-electron chi connectivity index (χ2n) is 4.01. The molecule has 7 heteroatoms. The summed E-state index contributed by atoms with van der Waals surface area (Å²) in [5.74, 6) is -1.25. The number of hydrogen-bond donors (Lipinski definition) is 1. The first-order valence-corrected chi connectivity index (χ1v) is 6.98. The lowest BCUT2D eigenvalue weighted by Crippen LogP contribution is -2.48. The molecule has 1 atom stereocenters. The van der Waals surface area contributed by atoms with E-state index >= 15 is 0 Å². The average molecular weight is 282 g/mol. The zero-order chi connectivity index (χ0) is 13.8. The third-order valence-corrected chi connectivity index (χ3v) is 3.54. The van der Waals surface area contributed by atoms with Crippen LogP contribution in [0.3, 0.4) is 0 Å². The monoisotopic (exact) mass is 282 g/mol. The molecule has 1 aliphatic heterocycles. The van der Waals surface area contributed by atoms with Gasteiger partial charge in [-0.15, -0.1) is 11.8 Å². The van der Waals surface area contributed by atoms with Crippen LogP contribution in [0.2, 0.25) is 0 Å². The molecule has 1 aliphatic rings. The number of ether oxygens (including phenoxy) is 1. The van der Waals surface area contributed by atoms with Crippen LogP contribution in [0.5, 0.6) is 0 Å². The van der Waals surface area contributed by atoms with Gasteiger partial charge in [-0.2, -0.15) is 0 Å².